The van der Waals surface area contributed by atoms with Crippen LogP contribution in [0.25, 0.3) is 11.3 Å². The molecule has 3 saturated heterocycles. The molecule has 7 nitrogen and oxygen atoms in total. The van der Waals surface area contributed by atoms with Crippen molar-refractivity contribution < 1.29 is 8.42 Å². The van der Waals surface area contributed by atoms with Crippen LogP contribution in [-0.2, 0) is 10.2 Å². The second-order valence-corrected chi connectivity index (χ2v) is 9.93. The summed E-state index contributed by atoms with van der Waals surface area (Å²) in [4.78, 5) is 2.25. The molecule has 3 aliphatic rings. The molecule has 0 saturated carbocycles. The van der Waals surface area contributed by atoms with Gasteiger partial charge in [0, 0.05) is 44.8 Å². The number of aromatic nitrogens is 2. The molecule has 0 spiro atoms. The zero-order valence-corrected chi connectivity index (χ0v) is 16.6. The fourth-order valence-corrected chi connectivity index (χ4v) is 6.47. The quantitative estimate of drug-likeness (QED) is 0.785. The van der Waals surface area contributed by atoms with E-state index >= 15 is 0 Å². The highest BCUT2D eigenvalue weighted by molar-refractivity contribution is 7.86. The molecule has 2 atom stereocenters. The highest BCUT2D eigenvalue weighted by atomic mass is 32.2. The Bertz CT molecular complexity index is 915. The molecule has 28 heavy (non-hydrogen) atoms. The smallest absolute Gasteiger partial charge is 0.281 e. The average Bonchev–Trinajstić information content (AvgIpc) is 3.45. The van der Waals surface area contributed by atoms with Crippen LogP contribution in [0, 0.1) is 11.8 Å². The van der Waals surface area contributed by atoms with Crippen LogP contribution in [0.4, 0.5) is 5.82 Å². The first-order chi connectivity index (χ1) is 13.6. The summed E-state index contributed by atoms with van der Waals surface area (Å²) in [5, 5.41) is 8.82. The molecule has 3 aliphatic heterocycles. The van der Waals surface area contributed by atoms with Gasteiger partial charge in [-0.1, -0.05) is 30.3 Å². The van der Waals surface area contributed by atoms with Crippen LogP contribution in [0.5, 0.6) is 0 Å². The van der Waals surface area contributed by atoms with E-state index in [2.05, 4.69) is 15.1 Å². The topological polar surface area (TPSA) is 69.6 Å². The van der Waals surface area contributed by atoms with Crippen molar-refractivity contribution in [1.29, 1.82) is 0 Å². The first-order valence-corrected chi connectivity index (χ1v) is 11.4. The van der Waals surface area contributed by atoms with Crippen LogP contribution in [-0.4, -0.2) is 66.5 Å². The van der Waals surface area contributed by atoms with Crippen LogP contribution in [0.2, 0.25) is 0 Å². The number of hydrogen-bond acceptors (Lipinski definition) is 5. The molecule has 3 fully saturated rings. The van der Waals surface area contributed by atoms with Crippen LogP contribution in [0.1, 0.15) is 12.8 Å². The maximum atomic E-state index is 12.8. The molecule has 2 unspecified atom stereocenters. The Hall–Kier alpha value is -2.03. The van der Waals surface area contributed by atoms with Gasteiger partial charge in [-0.25, -0.2) is 0 Å². The molecule has 0 amide bonds. The Morgan fingerprint density at radius 3 is 2.07 bits per heavy atom. The first kappa shape index (κ1) is 18.0. The lowest BCUT2D eigenvalue weighted by Gasteiger charge is -2.25. The summed E-state index contributed by atoms with van der Waals surface area (Å²) in [5.41, 5.74) is 1.93. The summed E-state index contributed by atoms with van der Waals surface area (Å²) in [6, 6.07) is 14.1. The Kier molecular flexibility index (Phi) is 4.57. The van der Waals surface area contributed by atoms with E-state index in [1.807, 2.05) is 42.5 Å². The van der Waals surface area contributed by atoms with E-state index in [1.165, 1.54) is 0 Å². The third-order valence-electron chi connectivity index (χ3n) is 6.21. The molecule has 0 bridgehead atoms. The Balaban J connectivity index is 1.24. The summed E-state index contributed by atoms with van der Waals surface area (Å²) >= 11 is 0. The van der Waals surface area contributed by atoms with E-state index in [-0.39, 0.29) is 0 Å². The maximum Gasteiger partial charge on any atom is 0.281 e. The Morgan fingerprint density at radius 1 is 0.786 bits per heavy atom. The standard InChI is InChI=1S/C20H25N5O2S/c26-28(27,24-10-4-5-11-24)25-14-17-12-23(13-18(17)15-25)20-9-8-19(21-22-20)16-6-2-1-3-7-16/h1-3,6-9,17-18H,4-5,10-15H2. The summed E-state index contributed by atoms with van der Waals surface area (Å²) in [6.07, 6.45) is 1.96. The van der Waals surface area contributed by atoms with Crippen LogP contribution >= 0.6 is 0 Å². The zero-order chi connectivity index (χ0) is 19.1. The second-order valence-electron chi connectivity index (χ2n) is 8.00. The van der Waals surface area contributed by atoms with E-state index in [1.54, 1.807) is 8.61 Å². The van der Waals surface area contributed by atoms with Gasteiger partial charge in [-0.3, -0.25) is 0 Å². The second kappa shape index (κ2) is 7.09. The highest BCUT2D eigenvalue weighted by Crippen LogP contribution is 2.35. The van der Waals surface area contributed by atoms with Gasteiger partial charge in [-0.05, 0) is 36.8 Å². The van der Waals surface area contributed by atoms with E-state index in [4.69, 9.17) is 0 Å². The highest BCUT2D eigenvalue weighted by Gasteiger charge is 2.46. The normalized spacial score (nSPS) is 26.1. The van der Waals surface area contributed by atoms with Crippen molar-refractivity contribution >= 4 is 16.0 Å². The van der Waals surface area contributed by atoms with Crippen LogP contribution < -0.4 is 4.90 Å². The molecular weight excluding hydrogens is 374 g/mol. The fraction of sp³-hybridized carbons (Fsp3) is 0.500. The van der Waals surface area contributed by atoms with Gasteiger partial charge in [-0.2, -0.15) is 17.0 Å². The predicted octanol–water partition coefficient (Wildman–Crippen LogP) is 1.85. The molecule has 148 valence electrons. The number of benzene rings is 1. The zero-order valence-electron chi connectivity index (χ0n) is 15.8. The first-order valence-electron chi connectivity index (χ1n) is 10.0. The average molecular weight is 400 g/mol. The number of nitrogens with zero attached hydrogens (tertiary/aromatic N) is 5. The van der Waals surface area contributed by atoms with Gasteiger partial charge in [0.1, 0.15) is 0 Å². The van der Waals surface area contributed by atoms with Crippen molar-refractivity contribution in [2.24, 2.45) is 11.8 Å². The SMILES string of the molecule is O=S(=O)(N1CCCC1)N1CC2CN(c3ccc(-c4ccccc4)nn3)CC2C1. The minimum Gasteiger partial charge on any atom is -0.354 e. The fourth-order valence-electron chi connectivity index (χ4n) is 4.66. The summed E-state index contributed by atoms with van der Waals surface area (Å²) in [6.45, 7) is 4.27. The molecule has 0 radical (unpaired) electrons. The Morgan fingerprint density at radius 2 is 1.46 bits per heavy atom. The minimum atomic E-state index is -3.28. The maximum absolute atomic E-state index is 12.8. The van der Waals surface area contributed by atoms with Gasteiger partial charge in [0.05, 0.1) is 5.69 Å². The molecule has 5 rings (SSSR count). The van der Waals surface area contributed by atoms with Gasteiger partial charge in [0.15, 0.2) is 5.82 Å². The summed E-state index contributed by atoms with van der Waals surface area (Å²) in [7, 11) is -3.28. The van der Waals surface area contributed by atoms with Gasteiger partial charge in [-0.15, -0.1) is 10.2 Å². The van der Waals surface area contributed by atoms with E-state index < -0.39 is 10.2 Å². The van der Waals surface area contributed by atoms with Gasteiger partial charge in [0.25, 0.3) is 10.2 Å². The number of anilines is 1. The molecule has 1 aromatic carbocycles. The van der Waals surface area contributed by atoms with Crippen molar-refractivity contribution in [1.82, 2.24) is 18.8 Å². The summed E-state index contributed by atoms with van der Waals surface area (Å²) in [5.74, 6) is 1.61. The molecule has 2 aromatic rings. The van der Waals surface area contributed by atoms with Crippen LogP contribution in [0.3, 0.4) is 0 Å². The van der Waals surface area contributed by atoms with E-state index in [9.17, 15) is 8.42 Å². The van der Waals surface area contributed by atoms with Gasteiger partial charge < -0.3 is 4.90 Å². The molecule has 0 aliphatic carbocycles. The lowest BCUT2D eigenvalue weighted by Crippen LogP contribution is -2.42. The monoisotopic (exact) mass is 399 g/mol. The van der Waals surface area contributed by atoms with Crippen molar-refractivity contribution in [3.05, 3.63) is 42.5 Å². The van der Waals surface area contributed by atoms with E-state index in [0.29, 0.717) is 38.0 Å². The van der Waals surface area contributed by atoms with Gasteiger partial charge in [0.2, 0.25) is 0 Å². The van der Waals surface area contributed by atoms with Crippen molar-refractivity contribution in [2.75, 3.05) is 44.2 Å². The van der Waals surface area contributed by atoms with E-state index in [0.717, 1.165) is 43.0 Å². The predicted molar refractivity (Wildman–Crippen MR) is 108 cm³/mol. The lowest BCUT2D eigenvalue weighted by molar-refractivity contribution is 0.385. The molecular formula is C20H25N5O2S. The largest absolute Gasteiger partial charge is 0.354 e. The molecule has 0 N–H and O–H groups in total. The lowest BCUT2D eigenvalue weighted by atomic mass is 10.0. The van der Waals surface area contributed by atoms with Crippen molar-refractivity contribution in [3.8, 4) is 11.3 Å². The molecule has 4 heterocycles. The van der Waals surface area contributed by atoms with Gasteiger partial charge >= 0.3 is 0 Å². The van der Waals surface area contributed by atoms with Crippen molar-refractivity contribution in [2.45, 2.75) is 12.8 Å². The number of fused-ring (bicyclic) bond motifs is 1. The third-order valence-corrected chi connectivity index (χ3v) is 8.18. The van der Waals surface area contributed by atoms with Crippen LogP contribution in [0.15, 0.2) is 42.5 Å². The van der Waals surface area contributed by atoms with Crippen molar-refractivity contribution in [3.63, 3.8) is 0 Å². The molecule has 8 heteroatoms. The minimum absolute atomic E-state index is 0.368. The third kappa shape index (κ3) is 3.19. The number of hydrogen-bond donors (Lipinski definition) is 0. The summed E-state index contributed by atoms with van der Waals surface area (Å²) < 4.78 is 29.0. The number of rotatable bonds is 4. The molecule has 1 aromatic heterocycles. The Labute approximate surface area is 166 Å².